The molecular formula is C12H20N4O. The van der Waals surface area contributed by atoms with E-state index in [1.807, 2.05) is 24.9 Å². The number of aromatic nitrogens is 2. The van der Waals surface area contributed by atoms with Gasteiger partial charge in [0.15, 0.2) is 0 Å². The Kier molecular flexibility index (Phi) is 3.47. The van der Waals surface area contributed by atoms with Crippen molar-refractivity contribution in [1.82, 2.24) is 14.7 Å². The van der Waals surface area contributed by atoms with Gasteiger partial charge in [-0.2, -0.15) is 5.10 Å². The highest BCUT2D eigenvalue weighted by atomic mass is 16.2. The summed E-state index contributed by atoms with van der Waals surface area (Å²) in [6.07, 6.45) is 3.05. The van der Waals surface area contributed by atoms with Crippen LogP contribution in [0.15, 0.2) is 6.07 Å². The quantitative estimate of drug-likeness (QED) is 0.812. The van der Waals surface area contributed by atoms with Gasteiger partial charge in [-0.25, -0.2) is 0 Å². The summed E-state index contributed by atoms with van der Waals surface area (Å²) in [6.45, 7) is 3.19. The molecule has 0 bridgehead atoms. The average Bonchev–Trinajstić information content (AvgIpc) is 3.08. The molecular weight excluding hydrogens is 216 g/mol. The van der Waals surface area contributed by atoms with Gasteiger partial charge in [0, 0.05) is 26.2 Å². The fourth-order valence-electron chi connectivity index (χ4n) is 2.02. The third-order valence-corrected chi connectivity index (χ3v) is 3.13. The van der Waals surface area contributed by atoms with E-state index < -0.39 is 0 Å². The highest BCUT2D eigenvalue weighted by Gasteiger charge is 2.33. The van der Waals surface area contributed by atoms with Crippen LogP contribution < -0.4 is 5.73 Å². The summed E-state index contributed by atoms with van der Waals surface area (Å²) in [6, 6.07) is 2.28. The molecule has 1 aromatic heterocycles. The molecule has 2 rings (SSSR count). The van der Waals surface area contributed by atoms with Gasteiger partial charge in [-0.3, -0.25) is 9.48 Å². The van der Waals surface area contributed by atoms with Crippen molar-refractivity contribution in [2.45, 2.75) is 32.2 Å². The second-order valence-electron chi connectivity index (χ2n) is 4.52. The normalized spacial score (nSPS) is 15.0. The molecule has 0 atom stereocenters. The van der Waals surface area contributed by atoms with Gasteiger partial charge < -0.3 is 10.6 Å². The maximum absolute atomic E-state index is 12.4. The molecule has 1 aliphatic carbocycles. The molecule has 0 unspecified atom stereocenters. The first-order chi connectivity index (χ1) is 8.17. The molecule has 0 aliphatic heterocycles. The number of amides is 1. The molecule has 1 amide bonds. The van der Waals surface area contributed by atoms with Crippen LogP contribution >= 0.6 is 0 Å². The molecule has 1 aromatic rings. The van der Waals surface area contributed by atoms with E-state index in [-0.39, 0.29) is 5.91 Å². The Balaban J connectivity index is 2.18. The summed E-state index contributed by atoms with van der Waals surface area (Å²) in [5.41, 5.74) is 7.19. The fraction of sp³-hybridized carbons (Fsp3) is 0.667. The van der Waals surface area contributed by atoms with Crippen molar-refractivity contribution < 1.29 is 4.79 Å². The molecule has 0 aromatic carbocycles. The van der Waals surface area contributed by atoms with Crippen LogP contribution in [0.2, 0.25) is 0 Å². The predicted molar refractivity (Wildman–Crippen MR) is 65.7 cm³/mol. The highest BCUT2D eigenvalue weighted by molar-refractivity contribution is 5.93. The van der Waals surface area contributed by atoms with Gasteiger partial charge in [-0.1, -0.05) is 6.92 Å². The van der Waals surface area contributed by atoms with Crippen LogP contribution in [0, 0.1) is 0 Å². The maximum Gasteiger partial charge on any atom is 0.272 e. The third-order valence-electron chi connectivity index (χ3n) is 3.13. The number of rotatable bonds is 5. The van der Waals surface area contributed by atoms with E-state index in [0.29, 0.717) is 24.8 Å². The van der Waals surface area contributed by atoms with E-state index in [1.165, 1.54) is 0 Å². The molecule has 94 valence electrons. The Morgan fingerprint density at radius 3 is 2.82 bits per heavy atom. The molecule has 1 fully saturated rings. The van der Waals surface area contributed by atoms with Crippen LogP contribution in [0.25, 0.3) is 0 Å². The van der Waals surface area contributed by atoms with Crippen molar-refractivity contribution in [1.29, 1.82) is 0 Å². The van der Waals surface area contributed by atoms with Crippen LogP contribution in [-0.4, -0.2) is 39.7 Å². The molecule has 5 nitrogen and oxygen atoms in total. The first-order valence-electron chi connectivity index (χ1n) is 6.21. The standard InChI is InChI=1S/C12H20N4O/c1-3-9-8-11(15(2)14-9)12(17)16(7-6-13)10-4-5-10/h8,10H,3-7,13H2,1-2H3. The minimum absolute atomic E-state index is 0.0626. The summed E-state index contributed by atoms with van der Waals surface area (Å²) < 4.78 is 1.67. The van der Waals surface area contributed by atoms with Crippen molar-refractivity contribution in [3.05, 3.63) is 17.5 Å². The van der Waals surface area contributed by atoms with Crippen LogP contribution in [0.1, 0.15) is 35.9 Å². The van der Waals surface area contributed by atoms with Crippen LogP contribution in [0.4, 0.5) is 0 Å². The number of carbonyl (C=O) groups excluding carboxylic acids is 1. The topological polar surface area (TPSA) is 64.2 Å². The van der Waals surface area contributed by atoms with Gasteiger partial charge in [0.1, 0.15) is 5.69 Å². The van der Waals surface area contributed by atoms with E-state index in [2.05, 4.69) is 5.10 Å². The van der Waals surface area contributed by atoms with Gasteiger partial charge in [-0.15, -0.1) is 0 Å². The van der Waals surface area contributed by atoms with Crippen LogP contribution in [-0.2, 0) is 13.5 Å². The van der Waals surface area contributed by atoms with E-state index in [9.17, 15) is 4.79 Å². The zero-order chi connectivity index (χ0) is 12.4. The molecule has 1 heterocycles. The summed E-state index contributed by atoms with van der Waals surface area (Å²) >= 11 is 0. The first kappa shape index (κ1) is 12.1. The lowest BCUT2D eigenvalue weighted by molar-refractivity contribution is 0.0737. The van der Waals surface area contributed by atoms with Crippen LogP contribution in [0.5, 0.6) is 0 Å². The fourth-order valence-corrected chi connectivity index (χ4v) is 2.02. The minimum Gasteiger partial charge on any atom is -0.333 e. The van der Waals surface area contributed by atoms with Crippen molar-refractivity contribution >= 4 is 5.91 Å². The van der Waals surface area contributed by atoms with E-state index in [1.54, 1.807) is 4.68 Å². The maximum atomic E-state index is 12.4. The van der Waals surface area contributed by atoms with Gasteiger partial charge >= 0.3 is 0 Å². The summed E-state index contributed by atoms with van der Waals surface area (Å²) in [4.78, 5) is 14.3. The number of hydrogen-bond acceptors (Lipinski definition) is 3. The van der Waals surface area contributed by atoms with E-state index in [0.717, 1.165) is 25.0 Å². The monoisotopic (exact) mass is 236 g/mol. The molecule has 17 heavy (non-hydrogen) atoms. The molecule has 2 N–H and O–H groups in total. The van der Waals surface area contributed by atoms with Crippen molar-refractivity contribution in [2.75, 3.05) is 13.1 Å². The van der Waals surface area contributed by atoms with Crippen molar-refractivity contribution in [3.8, 4) is 0 Å². The summed E-state index contributed by atoms with van der Waals surface area (Å²) in [5, 5.41) is 4.31. The van der Waals surface area contributed by atoms with Crippen molar-refractivity contribution in [2.24, 2.45) is 12.8 Å². The van der Waals surface area contributed by atoms with Gasteiger partial charge in [-0.05, 0) is 25.3 Å². The number of carbonyl (C=O) groups is 1. The number of hydrogen-bond donors (Lipinski definition) is 1. The van der Waals surface area contributed by atoms with Gasteiger partial charge in [0.05, 0.1) is 5.69 Å². The molecule has 1 aliphatic rings. The zero-order valence-electron chi connectivity index (χ0n) is 10.5. The minimum atomic E-state index is 0.0626. The Morgan fingerprint density at radius 1 is 1.65 bits per heavy atom. The Bertz CT molecular complexity index is 409. The second-order valence-corrected chi connectivity index (χ2v) is 4.52. The summed E-state index contributed by atoms with van der Waals surface area (Å²) in [7, 11) is 1.82. The molecule has 1 saturated carbocycles. The lowest BCUT2D eigenvalue weighted by atomic mass is 10.2. The lowest BCUT2D eigenvalue weighted by Gasteiger charge is -2.21. The number of aryl methyl sites for hydroxylation is 2. The van der Waals surface area contributed by atoms with Gasteiger partial charge in [0.2, 0.25) is 0 Å². The molecule has 0 spiro atoms. The molecule has 0 radical (unpaired) electrons. The van der Waals surface area contributed by atoms with Crippen LogP contribution in [0.3, 0.4) is 0 Å². The second kappa shape index (κ2) is 4.87. The lowest BCUT2D eigenvalue weighted by Crippen LogP contribution is -2.38. The third kappa shape index (κ3) is 2.49. The smallest absolute Gasteiger partial charge is 0.272 e. The molecule has 5 heteroatoms. The zero-order valence-corrected chi connectivity index (χ0v) is 10.5. The SMILES string of the molecule is CCc1cc(C(=O)N(CCN)C2CC2)n(C)n1. The Hall–Kier alpha value is -1.36. The largest absolute Gasteiger partial charge is 0.333 e. The average molecular weight is 236 g/mol. The Labute approximate surface area is 102 Å². The number of nitrogens with two attached hydrogens (primary N) is 1. The van der Waals surface area contributed by atoms with Crippen molar-refractivity contribution in [3.63, 3.8) is 0 Å². The highest BCUT2D eigenvalue weighted by Crippen LogP contribution is 2.27. The van der Waals surface area contributed by atoms with Gasteiger partial charge in [0.25, 0.3) is 5.91 Å². The van der Waals surface area contributed by atoms with E-state index in [4.69, 9.17) is 5.73 Å². The molecule has 0 saturated heterocycles. The first-order valence-corrected chi connectivity index (χ1v) is 6.21. The predicted octanol–water partition coefficient (Wildman–Crippen LogP) is 0.546. The summed E-state index contributed by atoms with van der Waals surface area (Å²) in [5.74, 6) is 0.0626. The van der Waals surface area contributed by atoms with E-state index >= 15 is 0 Å². The number of nitrogens with zero attached hydrogens (tertiary/aromatic N) is 3. The Morgan fingerprint density at radius 2 is 2.35 bits per heavy atom.